The van der Waals surface area contributed by atoms with E-state index >= 15 is 0 Å². The van der Waals surface area contributed by atoms with Crippen LogP contribution in [0.4, 0.5) is 0 Å². The van der Waals surface area contributed by atoms with E-state index in [1.807, 2.05) is 60.7 Å². The maximum atomic E-state index is 12.2. The average molecular weight is 367 g/mol. The highest BCUT2D eigenvalue weighted by Crippen LogP contribution is 2.41. The Kier molecular flexibility index (Phi) is 5.91. The Morgan fingerprint density at radius 1 is 0.889 bits per heavy atom. The first-order valence-electron chi connectivity index (χ1n) is 9.35. The van der Waals surface area contributed by atoms with Crippen molar-refractivity contribution >= 4 is 11.9 Å². The minimum Gasteiger partial charge on any atom is -0.481 e. The van der Waals surface area contributed by atoms with Crippen molar-refractivity contribution in [2.75, 3.05) is 13.1 Å². The van der Waals surface area contributed by atoms with Crippen molar-refractivity contribution in [3.8, 4) is 0 Å². The topological polar surface area (TPSA) is 77.8 Å². The van der Waals surface area contributed by atoms with Crippen LogP contribution in [0.15, 0.2) is 60.7 Å². The van der Waals surface area contributed by atoms with E-state index < -0.39 is 11.6 Å². The first-order valence-corrected chi connectivity index (χ1v) is 9.35. The maximum absolute atomic E-state index is 12.2. The zero-order valence-corrected chi connectivity index (χ0v) is 15.3. The normalized spacial score (nSPS) is 15.5. The van der Waals surface area contributed by atoms with Crippen LogP contribution in [-0.4, -0.2) is 40.1 Å². The molecule has 5 heteroatoms. The summed E-state index contributed by atoms with van der Waals surface area (Å²) >= 11 is 0. The molecule has 3 rings (SSSR count). The second-order valence-corrected chi connectivity index (χ2v) is 7.05. The molecular formula is C22H25NO4. The van der Waals surface area contributed by atoms with E-state index in [4.69, 9.17) is 5.11 Å². The molecule has 0 radical (unpaired) electrons. The summed E-state index contributed by atoms with van der Waals surface area (Å²) in [6.45, 7) is 1.07. The van der Waals surface area contributed by atoms with Crippen LogP contribution in [-0.2, 0) is 15.2 Å². The van der Waals surface area contributed by atoms with Crippen LogP contribution < -0.4 is 0 Å². The molecule has 0 bridgehead atoms. The number of hydrogen-bond acceptors (Lipinski definition) is 3. The minimum atomic E-state index is -1.11. The number of piperidine rings is 1. The van der Waals surface area contributed by atoms with Crippen LogP contribution in [0.1, 0.15) is 36.8 Å². The van der Waals surface area contributed by atoms with Crippen LogP contribution >= 0.6 is 0 Å². The van der Waals surface area contributed by atoms with Gasteiger partial charge in [0.25, 0.3) is 0 Å². The smallest absolute Gasteiger partial charge is 0.303 e. The predicted molar refractivity (Wildman–Crippen MR) is 102 cm³/mol. The third-order valence-electron chi connectivity index (χ3n) is 5.42. The molecule has 0 spiro atoms. The lowest BCUT2D eigenvalue weighted by atomic mass is 9.72. The number of likely N-dealkylation sites (tertiary alicyclic amines) is 1. The van der Waals surface area contributed by atoms with Gasteiger partial charge in [0, 0.05) is 19.5 Å². The van der Waals surface area contributed by atoms with Gasteiger partial charge in [0.05, 0.1) is 6.42 Å². The van der Waals surface area contributed by atoms with Crippen LogP contribution in [0.3, 0.4) is 0 Å². The van der Waals surface area contributed by atoms with Crippen LogP contribution in [0, 0.1) is 5.92 Å². The standard InChI is InChI=1S/C22H25NO4/c24-20(11-12-21(25)26)23-15-13-19(14-16-23)22(27,17-7-3-1-4-8-17)18-9-5-2-6-10-18/h1-10,19,27H,11-16H2,(H,25,26). The molecule has 1 heterocycles. The number of carboxylic acid groups (broad SMARTS) is 1. The van der Waals surface area contributed by atoms with Gasteiger partial charge in [0.15, 0.2) is 0 Å². The number of aliphatic carboxylic acids is 1. The van der Waals surface area contributed by atoms with Crippen LogP contribution in [0.2, 0.25) is 0 Å². The summed E-state index contributed by atoms with van der Waals surface area (Å²) in [5.74, 6) is -1.11. The third kappa shape index (κ3) is 4.19. The third-order valence-corrected chi connectivity index (χ3v) is 5.42. The van der Waals surface area contributed by atoms with E-state index in [2.05, 4.69) is 0 Å². The molecule has 2 N–H and O–H groups in total. The van der Waals surface area contributed by atoms with Crippen molar-refractivity contribution in [3.63, 3.8) is 0 Å². The van der Waals surface area contributed by atoms with Crippen molar-refractivity contribution in [2.45, 2.75) is 31.3 Å². The average Bonchev–Trinajstić information content (AvgIpc) is 2.72. The second-order valence-electron chi connectivity index (χ2n) is 7.05. The molecule has 0 saturated carbocycles. The van der Waals surface area contributed by atoms with Gasteiger partial charge < -0.3 is 15.1 Å². The van der Waals surface area contributed by atoms with E-state index in [1.165, 1.54) is 0 Å². The Bertz CT molecular complexity index is 728. The molecule has 0 unspecified atom stereocenters. The zero-order valence-electron chi connectivity index (χ0n) is 15.3. The van der Waals surface area contributed by atoms with Gasteiger partial charge in [-0.05, 0) is 29.9 Å². The number of carbonyl (C=O) groups is 2. The Hall–Kier alpha value is -2.66. The van der Waals surface area contributed by atoms with Gasteiger partial charge in [0.2, 0.25) is 5.91 Å². The number of rotatable bonds is 6. The van der Waals surface area contributed by atoms with Gasteiger partial charge in [-0.3, -0.25) is 9.59 Å². The Morgan fingerprint density at radius 2 is 1.37 bits per heavy atom. The van der Waals surface area contributed by atoms with E-state index in [-0.39, 0.29) is 24.7 Å². The number of carbonyl (C=O) groups excluding carboxylic acids is 1. The summed E-state index contributed by atoms with van der Waals surface area (Å²) in [5.41, 5.74) is 0.595. The molecule has 27 heavy (non-hydrogen) atoms. The molecule has 142 valence electrons. The summed E-state index contributed by atoms with van der Waals surface area (Å²) in [6.07, 6.45) is 1.22. The lowest BCUT2D eigenvalue weighted by Gasteiger charge is -2.42. The molecule has 0 aliphatic carbocycles. The fraction of sp³-hybridized carbons (Fsp3) is 0.364. The highest BCUT2D eigenvalue weighted by atomic mass is 16.4. The van der Waals surface area contributed by atoms with Gasteiger partial charge in [-0.15, -0.1) is 0 Å². The van der Waals surface area contributed by atoms with Crippen LogP contribution in [0.5, 0.6) is 0 Å². The Labute approximate surface area is 159 Å². The number of nitrogens with zero attached hydrogens (tertiary/aromatic N) is 1. The summed E-state index contributed by atoms with van der Waals surface area (Å²) in [5, 5.41) is 20.6. The highest BCUT2D eigenvalue weighted by molar-refractivity contribution is 5.80. The SMILES string of the molecule is O=C(O)CCC(=O)N1CCC(C(O)(c2ccccc2)c2ccccc2)CC1. The predicted octanol–water partition coefficient (Wildman–Crippen LogP) is 3.03. The van der Waals surface area contributed by atoms with Crippen molar-refractivity contribution in [3.05, 3.63) is 71.8 Å². The number of carboxylic acids is 1. The molecule has 1 aliphatic rings. The molecule has 1 aliphatic heterocycles. The molecule has 1 saturated heterocycles. The van der Waals surface area contributed by atoms with E-state index in [0.717, 1.165) is 11.1 Å². The second kappa shape index (κ2) is 8.35. The van der Waals surface area contributed by atoms with Crippen molar-refractivity contribution in [1.29, 1.82) is 0 Å². The highest BCUT2D eigenvalue weighted by Gasteiger charge is 2.41. The summed E-state index contributed by atoms with van der Waals surface area (Å²) < 4.78 is 0. The Morgan fingerprint density at radius 3 is 1.81 bits per heavy atom. The lowest BCUT2D eigenvalue weighted by molar-refractivity contribution is -0.141. The molecule has 0 aromatic heterocycles. The van der Waals surface area contributed by atoms with Gasteiger partial charge in [0.1, 0.15) is 5.60 Å². The van der Waals surface area contributed by atoms with Gasteiger partial charge in [-0.1, -0.05) is 60.7 Å². The lowest BCUT2D eigenvalue weighted by Crippen LogP contribution is -2.46. The monoisotopic (exact) mass is 367 g/mol. The van der Waals surface area contributed by atoms with Crippen molar-refractivity contribution in [2.24, 2.45) is 5.92 Å². The van der Waals surface area contributed by atoms with E-state index in [0.29, 0.717) is 25.9 Å². The summed E-state index contributed by atoms with van der Waals surface area (Å²) in [4.78, 5) is 24.6. The maximum Gasteiger partial charge on any atom is 0.303 e. The summed E-state index contributed by atoms with van der Waals surface area (Å²) in [6, 6.07) is 19.3. The quantitative estimate of drug-likeness (QED) is 0.823. The molecule has 1 amide bonds. The fourth-order valence-corrected chi connectivity index (χ4v) is 3.94. The largest absolute Gasteiger partial charge is 0.481 e. The molecule has 0 atom stereocenters. The fourth-order valence-electron chi connectivity index (χ4n) is 3.94. The first kappa shape index (κ1) is 19.1. The number of benzene rings is 2. The summed E-state index contributed by atoms with van der Waals surface area (Å²) in [7, 11) is 0. The van der Waals surface area contributed by atoms with Gasteiger partial charge >= 0.3 is 5.97 Å². The zero-order chi connectivity index (χ0) is 19.3. The minimum absolute atomic E-state index is 0.0224. The number of amides is 1. The van der Waals surface area contributed by atoms with Crippen molar-refractivity contribution in [1.82, 2.24) is 4.90 Å². The molecular weight excluding hydrogens is 342 g/mol. The number of hydrogen-bond donors (Lipinski definition) is 2. The van der Waals surface area contributed by atoms with E-state index in [9.17, 15) is 14.7 Å². The molecule has 2 aromatic rings. The molecule has 2 aromatic carbocycles. The van der Waals surface area contributed by atoms with Crippen LogP contribution in [0.25, 0.3) is 0 Å². The van der Waals surface area contributed by atoms with Crippen molar-refractivity contribution < 1.29 is 19.8 Å². The molecule has 1 fully saturated rings. The Balaban J connectivity index is 1.78. The van der Waals surface area contributed by atoms with E-state index in [1.54, 1.807) is 4.90 Å². The first-order chi connectivity index (χ1) is 13.0. The molecule has 5 nitrogen and oxygen atoms in total. The van der Waals surface area contributed by atoms with Gasteiger partial charge in [-0.25, -0.2) is 0 Å². The van der Waals surface area contributed by atoms with Gasteiger partial charge in [-0.2, -0.15) is 0 Å². The number of aliphatic hydroxyl groups is 1.